The van der Waals surface area contributed by atoms with Gasteiger partial charge in [0.15, 0.2) is 6.23 Å². The zero-order valence-electron chi connectivity index (χ0n) is 20.8. The van der Waals surface area contributed by atoms with Crippen molar-refractivity contribution in [1.82, 2.24) is 5.32 Å². The molecule has 2 N–H and O–H groups in total. The van der Waals surface area contributed by atoms with Gasteiger partial charge in [-0.15, -0.1) is 0 Å². The first-order valence-corrected chi connectivity index (χ1v) is 13.5. The molecular formula is C27H29N3O5S. The maximum atomic E-state index is 12.9. The van der Waals surface area contributed by atoms with Crippen LogP contribution in [-0.2, 0) is 20.2 Å². The highest BCUT2D eigenvalue weighted by atomic mass is 32.2. The van der Waals surface area contributed by atoms with Crippen LogP contribution in [0.2, 0.25) is 0 Å². The highest BCUT2D eigenvalue weighted by Crippen LogP contribution is 2.43. The van der Waals surface area contributed by atoms with Crippen LogP contribution < -0.4 is 19.7 Å². The van der Waals surface area contributed by atoms with Gasteiger partial charge in [0.05, 0.1) is 19.1 Å². The van der Waals surface area contributed by atoms with Crippen LogP contribution >= 0.6 is 0 Å². The van der Waals surface area contributed by atoms with Crippen LogP contribution in [0.15, 0.2) is 60.8 Å². The van der Waals surface area contributed by atoms with E-state index in [9.17, 15) is 13.2 Å². The van der Waals surface area contributed by atoms with Crippen molar-refractivity contribution >= 4 is 38.2 Å². The number of carbonyl (C=O) groups excluding carboxylic acids is 1. The summed E-state index contributed by atoms with van der Waals surface area (Å²) in [6.45, 7) is 6.32. The molecule has 36 heavy (non-hydrogen) atoms. The molecule has 1 saturated heterocycles. The van der Waals surface area contributed by atoms with Crippen LogP contribution in [0.25, 0.3) is 21.9 Å². The molecule has 1 fully saturated rings. The van der Waals surface area contributed by atoms with Gasteiger partial charge >= 0.3 is 6.03 Å². The first-order chi connectivity index (χ1) is 16.9. The lowest BCUT2D eigenvalue weighted by Crippen LogP contribution is -2.37. The fraction of sp³-hybridized carbons (Fsp3) is 0.296. The summed E-state index contributed by atoms with van der Waals surface area (Å²) in [6.07, 6.45) is 4.38. The Morgan fingerprint density at radius 1 is 1.06 bits per heavy atom. The monoisotopic (exact) mass is 507 g/mol. The summed E-state index contributed by atoms with van der Waals surface area (Å²) < 4.78 is 37.1. The molecule has 0 spiro atoms. The van der Waals surface area contributed by atoms with Gasteiger partial charge in [-0.25, -0.2) is 13.2 Å². The van der Waals surface area contributed by atoms with Crippen molar-refractivity contribution in [1.29, 1.82) is 0 Å². The van der Waals surface area contributed by atoms with Gasteiger partial charge in [-0.3, -0.25) is 9.62 Å². The Labute approximate surface area is 210 Å². The molecular weight excluding hydrogens is 478 g/mol. The zero-order chi connectivity index (χ0) is 25.8. The number of nitrogens with zero attached hydrogens (tertiary/aromatic N) is 1. The van der Waals surface area contributed by atoms with Crippen LogP contribution in [0.1, 0.15) is 26.3 Å². The van der Waals surface area contributed by atoms with Gasteiger partial charge < -0.3 is 14.8 Å². The summed E-state index contributed by atoms with van der Waals surface area (Å²) in [7, 11) is -1.71. The standard InChI is InChI=1S/C27H29N3O5S/c1-27(2,3)22-15-20(30-11-10-23-25(35-23)28-26(30)31)14-21(24(22)34-4)18-7-6-17-13-19(29-36(5,32)33)9-8-16(17)12-18/h6-15,23,25,29H,1-5H3,(H,28,31). The van der Waals surface area contributed by atoms with E-state index < -0.39 is 10.0 Å². The number of amides is 2. The van der Waals surface area contributed by atoms with Crippen LogP contribution in [-0.4, -0.2) is 40.1 Å². The predicted molar refractivity (Wildman–Crippen MR) is 142 cm³/mol. The number of sulfonamides is 1. The third-order valence-electron chi connectivity index (χ3n) is 6.25. The molecule has 2 unspecified atom stereocenters. The van der Waals surface area contributed by atoms with E-state index >= 15 is 0 Å². The summed E-state index contributed by atoms with van der Waals surface area (Å²) in [5, 5.41) is 4.72. The largest absolute Gasteiger partial charge is 0.496 e. The molecule has 0 saturated carbocycles. The fourth-order valence-electron chi connectivity index (χ4n) is 4.45. The van der Waals surface area contributed by atoms with Crippen molar-refractivity contribution < 1.29 is 22.7 Å². The van der Waals surface area contributed by atoms with Crippen molar-refractivity contribution in [3.63, 3.8) is 0 Å². The van der Waals surface area contributed by atoms with Crippen LogP contribution in [0.5, 0.6) is 5.75 Å². The number of anilines is 2. The molecule has 3 aromatic carbocycles. The number of benzene rings is 3. The molecule has 0 aromatic heterocycles. The Bertz CT molecular complexity index is 1510. The Hall–Kier alpha value is -3.56. The quantitative estimate of drug-likeness (QED) is 0.476. The third kappa shape index (κ3) is 4.76. The second-order valence-electron chi connectivity index (χ2n) is 10.2. The predicted octanol–water partition coefficient (Wildman–Crippen LogP) is 4.95. The number of methoxy groups -OCH3 is 1. The molecule has 0 radical (unpaired) electrons. The number of fused-ring (bicyclic) bond motifs is 2. The van der Waals surface area contributed by atoms with Gasteiger partial charge in [-0.05, 0) is 58.2 Å². The minimum absolute atomic E-state index is 0.0960. The average Bonchev–Trinajstić information content (AvgIpc) is 3.55. The number of nitrogens with one attached hydrogen (secondary N) is 2. The summed E-state index contributed by atoms with van der Waals surface area (Å²) in [6, 6.07) is 15.1. The maximum Gasteiger partial charge on any atom is 0.328 e. The van der Waals surface area contributed by atoms with Crippen LogP contribution in [0.4, 0.5) is 16.2 Å². The second kappa shape index (κ2) is 8.53. The topological polar surface area (TPSA) is 100 Å². The zero-order valence-corrected chi connectivity index (χ0v) is 21.6. The summed E-state index contributed by atoms with van der Waals surface area (Å²) in [4.78, 5) is 14.5. The lowest BCUT2D eigenvalue weighted by molar-refractivity contribution is 0.241. The number of ether oxygens (including phenoxy) is 2. The SMILES string of the molecule is COc1c(-c2ccc3cc(NS(C)(=O)=O)ccc3c2)cc(N2C=CC3OC3NC2=O)cc1C(C)(C)C. The van der Waals surface area contributed by atoms with E-state index in [-0.39, 0.29) is 23.8 Å². The molecule has 5 rings (SSSR count). The van der Waals surface area contributed by atoms with Crippen molar-refractivity contribution in [2.75, 3.05) is 23.0 Å². The first kappa shape index (κ1) is 24.1. The van der Waals surface area contributed by atoms with Gasteiger partial charge in [0, 0.05) is 23.0 Å². The lowest BCUT2D eigenvalue weighted by Gasteiger charge is -2.28. The molecule has 2 aliphatic heterocycles. The summed E-state index contributed by atoms with van der Waals surface area (Å²) in [5.41, 5.74) is 3.72. The number of hydrogen-bond acceptors (Lipinski definition) is 5. The number of rotatable bonds is 5. The van der Waals surface area contributed by atoms with E-state index in [2.05, 4.69) is 30.8 Å². The minimum Gasteiger partial charge on any atom is -0.496 e. The third-order valence-corrected chi connectivity index (χ3v) is 6.86. The first-order valence-electron chi connectivity index (χ1n) is 11.6. The maximum absolute atomic E-state index is 12.9. The van der Waals surface area contributed by atoms with Gasteiger partial charge in [-0.2, -0.15) is 0 Å². The molecule has 3 aromatic rings. The molecule has 188 valence electrons. The van der Waals surface area contributed by atoms with Crippen LogP contribution in [0.3, 0.4) is 0 Å². The van der Waals surface area contributed by atoms with E-state index in [1.807, 2.05) is 42.5 Å². The molecule has 2 atom stereocenters. The Kier molecular flexibility index (Phi) is 5.72. The average molecular weight is 508 g/mol. The van der Waals surface area contributed by atoms with E-state index in [0.29, 0.717) is 5.69 Å². The van der Waals surface area contributed by atoms with E-state index in [0.717, 1.165) is 45.2 Å². The molecule has 0 bridgehead atoms. The molecule has 2 heterocycles. The number of carbonyl (C=O) groups is 1. The number of hydrogen-bond donors (Lipinski definition) is 2. The fourth-order valence-corrected chi connectivity index (χ4v) is 5.01. The van der Waals surface area contributed by atoms with Crippen molar-refractivity contribution in [2.24, 2.45) is 0 Å². The molecule has 2 amide bonds. The Morgan fingerprint density at radius 2 is 1.78 bits per heavy atom. The highest BCUT2D eigenvalue weighted by Gasteiger charge is 2.41. The Balaban J connectivity index is 1.64. The van der Waals surface area contributed by atoms with Crippen molar-refractivity contribution in [3.05, 3.63) is 66.4 Å². The van der Waals surface area contributed by atoms with Crippen LogP contribution in [0, 0.1) is 0 Å². The van der Waals surface area contributed by atoms with Gasteiger partial charge in [0.2, 0.25) is 10.0 Å². The molecule has 0 aliphatic carbocycles. The Morgan fingerprint density at radius 3 is 2.47 bits per heavy atom. The van der Waals surface area contributed by atoms with Crippen molar-refractivity contribution in [2.45, 2.75) is 38.5 Å². The van der Waals surface area contributed by atoms with Gasteiger partial charge in [-0.1, -0.05) is 39.0 Å². The normalized spacial score (nSPS) is 19.5. The summed E-state index contributed by atoms with van der Waals surface area (Å²) >= 11 is 0. The number of urea groups is 1. The molecule has 2 aliphatic rings. The van der Waals surface area contributed by atoms with Gasteiger partial charge in [0.25, 0.3) is 0 Å². The lowest BCUT2D eigenvalue weighted by atomic mass is 9.83. The van der Waals surface area contributed by atoms with E-state index in [1.165, 1.54) is 0 Å². The van der Waals surface area contributed by atoms with E-state index in [4.69, 9.17) is 9.47 Å². The highest BCUT2D eigenvalue weighted by molar-refractivity contribution is 7.92. The van der Waals surface area contributed by atoms with Crippen molar-refractivity contribution in [3.8, 4) is 16.9 Å². The second-order valence-corrected chi connectivity index (χ2v) is 11.9. The smallest absolute Gasteiger partial charge is 0.328 e. The van der Waals surface area contributed by atoms with E-state index in [1.54, 1.807) is 30.3 Å². The van der Waals surface area contributed by atoms with Gasteiger partial charge in [0.1, 0.15) is 11.9 Å². The molecule has 9 heteroatoms. The minimum atomic E-state index is -3.37. The molecule has 8 nitrogen and oxygen atoms in total. The number of epoxide rings is 1. The summed E-state index contributed by atoms with van der Waals surface area (Å²) in [5.74, 6) is 0.742.